The third-order valence-corrected chi connectivity index (χ3v) is 2.31. The maximum absolute atomic E-state index is 11.5. The molecule has 0 atom stereocenters. The van der Waals surface area contributed by atoms with Crippen molar-refractivity contribution >= 4 is 17.4 Å². The third-order valence-electron chi connectivity index (χ3n) is 2.31. The molecule has 0 fully saturated rings. The Kier molecular flexibility index (Phi) is 6.81. The SMILES string of the molecule is CCOC(=O)C(CON=C(C)c1ccccc1)=NOC. The van der Waals surface area contributed by atoms with Crippen LogP contribution < -0.4 is 0 Å². The standard InChI is InChI=1S/C14H18N2O4/c1-4-19-14(17)13(16-18-3)10-20-15-11(2)12-8-6-5-7-9-12/h5-9H,4,10H2,1-3H3. The van der Waals surface area contributed by atoms with Gasteiger partial charge in [0, 0.05) is 0 Å². The molecule has 6 heteroatoms. The number of nitrogens with zero attached hydrogens (tertiary/aromatic N) is 2. The average Bonchev–Trinajstić information content (AvgIpc) is 2.47. The highest BCUT2D eigenvalue weighted by Crippen LogP contribution is 2.01. The minimum Gasteiger partial charge on any atom is -0.461 e. The smallest absolute Gasteiger partial charge is 0.359 e. The number of carbonyl (C=O) groups excluding carboxylic acids is 1. The Morgan fingerprint density at radius 2 is 1.90 bits per heavy atom. The van der Waals surface area contributed by atoms with Crippen LogP contribution in [0.2, 0.25) is 0 Å². The van der Waals surface area contributed by atoms with Crippen molar-refractivity contribution in [2.24, 2.45) is 10.3 Å². The van der Waals surface area contributed by atoms with E-state index in [2.05, 4.69) is 15.1 Å². The second-order valence-corrected chi connectivity index (χ2v) is 3.76. The number of hydrogen-bond acceptors (Lipinski definition) is 6. The molecular formula is C14H18N2O4. The molecular weight excluding hydrogens is 260 g/mol. The first-order valence-corrected chi connectivity index (χ1v) is 6.18. The van der Waals surface area contributed by atoms with Crippen LogP contribution in [0.25, 0.3) is 0 Å². The number of ether oxygens (including phenoxy) is 1. The largest absolute Gasteiger partial charge is 0.461 e. The molecule has 1 aromatic carbocycles. The molecule has 0 aliphatic rings. The molecule has 0 aromatic heterocycles. The van der Waals surface area contributed by atoms with Gasteiger partial charge in [-0.05, 0) is 19.4 Å². The number of carbonyl (C=O) groups is 1. The lowest BCUT2D eigenvalue weighted by molar-refractivity contribution is -0.135. The predicted molar refractivity (Wildman–Crippen MR) is 75.7 cm³/mol. The summed E-state index contributed by atoms with van der Waals surface area (Å²) in [5.41, 5.74) is 1.67. The Labute approximate surface area is 118 Å². The van der Waals surface area contributed by atoms with Crippen molar-refractivity contribution in [2.45, 2.75) is 13.8 Å². The molecule has 0 N–H and O–H groups in total. The van der Waals surface area contributed by atoms with Crippen LogP contribution in [0, 0.1) is 0 Å². The first-order valence-electron chi connectivity index (χ1n) is 6.18. The van der Waals surface area contributed by atoms with E-state index in [9.17, 15) is 4.79 Å². The number of benzene rings is 1. The zero-order valence-corrected chi connectivity index (χ0v) is 11.8. The number of hydrogen-bond donors (Lipinski definition) is 0. The Balaban J connectivity index is 2.60. The van der Waals surface area contributed by atoms with E-state index in [-0.39, 0.29) is 18.9 Å². The number of rotatable bonds is 7. The minimum atomic E-state index is -0.582. The molecule has 1 rings (SSSR count). The Morgan fingerprint density at radius 3 is 2.50 bits per heavy atom. The summed E-state index contributed by atoms with van der Waals surface area (Å²) in [5.74, 6) is -0.582. The fourth-order valence-electron chi connectivity index (χ4n) is 1.37. The van der Waals surface area contributed by atoms with Crippen molar-refractivity contribution in [1.82, 2.24) is 0 Å². The van der Waals surface area contributed by atoms with Gasteiger partial charge in [0.1, 0.15) is 7.11 Å². The van der Waals surface area contributed by atoms with Crippen LogP contribution in [0.15, 0.2) is 40.6 Å². The van der Waals surface area contributed by atoms with E-state index >= 15 is 0 Å². The van der Waals surface area contributed by atoms with Crippen LogP contribution >= 0.6 is 0 Å². The Morgan fingerprint density at radius 1 is 1.20 bits per heavy atom. The molecule has 0 heterocycles. The summed E-state index contributed by atoms with van der Waals surface area (Å²) in [4.78, 5) is 21.2. The highest BCUT2D eigenvalue weighted by molar-refractivity contribution is 6.36. The van der Waals surface area contributed by atoms with Crippen molar-refractivity contribution in [3.8, 4) is 0 Å². The minimum absolute atomic E-state index is 0.0268. The number of oxime groups is 2. The van der Waals surface area contributed by atoms with Gasteiger partial charge in [-0.2, -0.15) is 0 Å². The molecule has 0 unspecified atom stereocenters. The van der Waals surface area contributed by atoms with E-state index in [0.29, 0.717) is 5.71 Å². The van der Waals surface area contributed by atoms with Crippen molar-refractivity contribution < 1.29 is 19.2 Å². The Bertz CT molecular complexity index is 483. The summed E-state index contributed by atoms with van der Waals surface area (Å²) in [6.45, 7) is 3.67. The van der Waals surface area contributed by atoms with Crippen LogP contribution in [0.4, 0.5) is 0 Å². The van der Waals surface area contributed by atoms with Gasteiger partial charge in [0.05, 0.1) is 12.3 Å². The van der Waals surface area contributed by atoms with Crippen LogP contribution in [0.3, 0.4) is 0 Å². The molecule has 0 aliphatic carbocycles. The molecule has 0 saturated carbocycles. The van der Waals surface area contributed by atoms with Gasteiger partial charge < -0.3 is 14.4 Å². The molecule has 20 heavy (non-hydrogen) atoms. The van der Waals surface area contributed by atoms with E-state index in [1.807, 2.05) is 37.3 Å². The second kappa shape index (κ2) is 8.68. The summed E-state index contributed by atoms with van der Waals surface area (Å²) in [6, 6.07) is 9.56. The lowest BCUT2D eigenvalue weighted by Gasteiger charge is -2.05. The van der Waals surface area contributed by atoms with Gasteiger partial charge in [-0.3, -0.25) is 0 Å². The maximum atomic E-state index is 11.5. The van der Waals surface area contributed by atoms with E-state index in [1.165, 1.54) is 7.11 Å². The Hall–Kier alpha value is -2.37. The lowest BCUT2D eigenvalue weighted by atomic mass is 10.1. The molecule has 0 bridgehead atoms. The molecule has 0 aliphatic heterocycles. The maximum Gasteiger partial charge on any atom is 0.359 e. The predicted octanol–water partition coefficient (Wildman–Crippen LogP) is 1.99. The van der Waals surface area contributed by atoms with E-state index in [0.717, 1.165) is 5.56 Å². The van der Waals surface area contributed by atoms with Crippen molar-refractivity contribution in [3.05, 3.63) is 35.9 Å². The molecule has 6 nitrogen and oxygen atoms in total. The van der Waals surface area contributed by atoms with Crippen LogP contribution in [-0.4, -0.2) is 37.7 Å². The van der Waals surface area contributed by atoms with Gasteiger partial charge in [-0.1, -0.05) is 40.6 Å². The quantitative estimate of drug-likeness (QED) is 0.434. The van der Waals surface area contributed by atoms with E-state index < -0.39 is 5.97 Å². The summed E-state index contributed by atoms with van der Waals surface area (Å²) >= 11 is 0. The fraction of sp³-hybridized carbons (Fsp3) is 0.357. The van der Waals surface area contributed by atoms with Crippen LogP contribution in [0.1, 0.15) is 19.4 Å². The summed E-state index contributed by atoms with van der Waals surface area (Å²) in [6.07, 6.45) is 0. The first-order chi connectivity index (χ1) is 9.69. The average molecular weight is 278 g/mol. The molecule has 108 valence electrons. The highest BCUT2D eigenvalue weighted by Gasteiger charge is 2.14. The summed E-state index contributed by atoms with van der Waals surface area (Å²) in [7, 11) is 1.34. The van der Waals surface area contributed by atoms with Gasteiger partial charge >= 0.3 is 5.97 Å². The normalized spacial score (nSPS) is 11.9. The third kappa shape index (κ3) is 5.09. The van der Waals surface area contributed by atoms with Crippen molar-refractivity contribution in [1.29, 1.82) is 0 Å². The van der Waals surface area contributed by atoms with Gasteiger partial charge in [0.15, 0.2) is 6.61 Å². The molecule has 0 spiro atoms. The lowest BCUT2D eigenvalue weighted by Crippen LogP contribution is -2.22. The van der Waals surface area contributed by atoms with Crippen LogP contribution in [-0.2, 0) is 19.2 Å². The zero-order valence-electron chi connectivity index (χ0n) is 11.8. The van der Waals surface area contributed by atoms with Gasteiger partial charge in [0.2, 0.25) is 5.71 Å². The topological polar surface area (TPSA) is 69.5 Å². The second-order valence-electron chi connectivity index (χ2n) is 3.76. The summed E-state index contributed by atoms with van der Waals surface area (Å²) < 4.78 is 4.82. The van der Waals surface area contributed by atoms with Gasteiger partial charge in [-0.25, -0.2) is 4.79 Å². The van der Waals surface area contributed by atoms with Crippen molar-refractivity contribution in [3.63, 3.8) is 0 Å². The highest BCUT2D eigenvalue weighted by atomic mass is 16.6. The van der Waals surface area contributed by atoms with E-state index in [1.54, 1.807) is 6.92 Å². The number of esters is 1. The fourth-order valence-corrected chi connectivity index (χ4v) is 1.37. The molecule has 1 aromatic rings. The monoisotopic (exact) mass is 278 g/mol. The molecule has 0 saturated heterocycles. The zero-order chi connectivity index (χ0) is 14.8. The first kappa shape index (κ1) is 15.7. The van der Waals surface area contributed by atoms with Crippen LogP contribution in [0.5, 0.6) is 0 Å². The van der Waals surface area contributed by atoms with Crippen molar-refractivity contribution in [2.75, 3.05) is 20.3 Å². The molecule has 0 amide bonds. The van der Waals surface area contributed by atoms with Gasteiger partial charge in [0.25, 0.3) is 0 Å². The summed E-state index contributed by atoms with van der Waals surface area (Å²) in [5, 5.41) is 7.49. The van der Waals surface area contributed by atoms with Gasteiger partial charge in [-0.15, -0.1) is 0 Å². The molecule has 0 radical (unpaired) electrons. The van der Waals surface area contributed by atoms with E-state index in [4.69, 9.17) is 9.57 Å².